The van der Waals surface area contributed by atoms with Gasteiger partial charge in [0.1, 0.15) is 23.7 Å². The molecule has 2 aromatic heterocycles. The average Bonchev–Trinajstić information content (AvgIpc) is 3.89. The summed E-state index contributed by atoms with van der Waals surface area (Å²) >= 11 is 2.43. The van der Waals surface area contributed by atoms with Gasteiger partial charge in [-0.1, -0.05) is 5.16 Å². The smallest absolute Gasteiger partial charge is 0.276 e. The average molecular weight is 759 g/mol. The van der Waals surface area contributed by atoms with Crippen molar-refractivity contribution in [1.29, 1.82) is 0 Å². The number of carbonyl (C=O) groups is 4. The number of aromatic hydroxyl groups is 2. The molecular weight excluding hydrogens is 726 g/mol. The number of thioether (sulfide) groups is 1. The molecule has 0 aliphatic carbocycles. The molecule has 276 valence electrons. The summed E-state index contributed by atoms with van der Waals surface area (Å²) in [5, 5.41) is 56.2. The van der Waals surface area contributed by atoms with Gasteiger partial charge in [0.05, 0.1) is 43.7 Å². The number of nitrogens with one attached hydrogen (secondary N) is 2. The van der Waals surface area contributed by atoms with Gasteiger partial charge in [0, 0.05) is 35.1 Å². The van der Waals surface area contributed by atoms with E-state index in [2.05, 4.69) is 41.4 Å². The van der Waals surface area contributed by atoms with E-state index in [1.54, 1.807) is 0 Å². The summed E-state index contributed by atoms with van der Waals surface area (Å²) in [6, 6.07) is 0.804. The highest BCUT2D eigenvalue weighted by Gasteiger charge is 2.54. The molecule has 2 fully saturated rings. The number of benzene rings is 1. The Morgan fingerprint density at radius 2 is 2.02 bits per heavy atom. The van der Waals surface area contributed by atoms with Gasteiger partial charge in [-0.15, -0.1) is 23.1 Å². The second-order valence-electron chi connectivity index (χ2n) is 12.9. The summed E-state index contributed by atoms with van der Waals surface area (Å²) in [4.78, 5) is 62.2. The van der Waals surface area contributed by atoms with Crippen LogP contribution < -0.4 is 26.6 Å². The molecule has 19 nitrogen and oxygen atoms in total. The first-order chi connectivity index (χ1) is 24.7. The van der Waals surface area contributed by atoms with E-state index in [1.165, 1.54) is 35.9 Å². The fourth-order valence-corrected chi connectivity index (χ4v) is 8.04. The van der Waals surface area contributed by atoms with E-state index in [0.29, 0.717) is 29.0 Å². The number of nitrogen functional groups attached to an aromatic ring is 1. The summed E-state index contributed by atoms with van der Waals surface area (Å²) in [6.45, 7) is 5.13. The highest BCUT2D eigenvalue weighted by molar-refractivity contribution is 8.00. The van der Waals surface area contributed by atoms with Crippen LogP contribution in [0.25, 0.3) is 5.70 Å². The van der Waals surface area contributed by atoms with E-state index in [-0.39, 0.29) is 28.8 Å². The molecule has 52 heavy (non-hydrogen) atoms. The lowest BCUT2D eigenvalue weighted by molar-refractivity contribution is -0.911. The Morgan fingerprint density at radius 1 is 1.27 bits per heavy atom. The Bertz CT molecular complexity index is 1940. The minimum absolute atomic E-state index is 0.0171. The second kappa shape index (κ2) is 14.3. The number of nitrogens with two attached hydrogens (primary N) is 1. The lowest BCUT2D eigenvalue weighted by Gasteiger charge is -2.51. The Labute approximate surface area is 302 Å². The molecule has 0 saturated carbocycles. The number of carboxylic acids is 1. The number of thiazole rings is 1. The number of hydrogen-bond donors (Lipinski definition) is 5. The van der Waals surface area contributed by atoms with Gasteiger partial charge in [-0.2, -0.15) is 5.21 Å². The van der Waals surface area contributed by atoms with Gasteiger partial charge >= 0.3 is 0 Å². The zero-order valence-corrected chi connectivity index (χ0v) is 29.4. The van der Waals surface area contributed by atoms with Gasteiger partial charge in [-0.05, 0) is 26.0 Å². The van der Waals surface area contributed by atoms with Gasteiger partial charge in [-0.3, -0.25) is 29.6 Å². The number of oxime groups is 1. The summed E-state index contributed by atoms with van der Waals surface area (Å²) < 4.78 is 14.5. The predicted octanol–water partition coefficient (Wildman–Crippen LogP) is -1.48. The van der Waals surface area contributed by atoms with Crippen molar-refractivity contribution in [3.05, 3.63) is 46.0 Å². The Morgan fingerprint density at radius 3 is 2.65 bits per heavy atom. The standard InChI is InChI=1S/C30H34FN11O8S2/c1-30(2,28(48)49)50-38-19(17-13-52-29(32)34-17)25(46)35-20-26(47)41-21(23-36-39-40-37-23)15(12-51-27(20)41)11-42(6-3-4-7-42)8-5-33-24(45)14-9-16(31)22(44)18(43)10-14/h9-10,13,20,27H,3-8,11-12H2,1-2H3,(H7-,32,33,34,35,36,37,38,39,40,43,44,45,46,48,49)/p-1/t20-,27-/m1/s1. The molecule has 5 heterocycles. The third-order valence-electron chi connectivity index (χ3n) is 8.92. The molecule has 1 aromatic carbocycles. The van der Waals surface area contributed by atoms with Crippen molar-refractivity contribution in [1.82, 2.24) is 41.1 Å². The Balaban J connectivity index is 1.19. The monoisotopic (exact) mass is 758 g/mol. The van der Waals surface area contributed by atoms with Gasteiger partial charge in [-0.25, -0.2) is 9.37 Å². The molecule has 0 bridgehead atoms. The van der Waals surface area contributed by atoms with Crippen LogP contribution in [0.5, 0.6) is 11.5 Å². The number of halogens is 1. The molecule has 22 heteroatoms. The predicted molar refractivity (Wildman–Crippen MR) is 179 cm³/mol. The number of phenolic OH excluding ortho intramolecular Hbond substituents is 2. The van der Waals surface area contributed by atoms with E-state index in [0.717, 1.165) is 55.0 Å². The maximum Gasteiger partial charge on any atom is 0.276 e. The van der Waals surface area contributed by atoms with Crippen molar-refractivity contribution >= 4 is 63.3 Å². The molecule has 2 saturated heterocycles. The van der Waals surface area contributed by atoms with Crippen molar-refractivity contribution in [3.8, 4) is 11.5 Å². The molecule has 3 aliphatic heterocycles. The largest absolute Gasteiger partial charge is 0.546 e. The molecule has 3 aromatic rings. The zero-order chi connectivity index (χ0) is 37.4. The molecule has 3 aliphatic rings. The third kappa shape index (κ3) is 7.21. The number of tetrazole rings is 1. The summed E-state index contributed by atoms with van der Waals surface area (Å²) in [7, 11) is 0. The van der Waals surface area contributed by atoms with E-state index in [1.807, 2.05) is 0 Å². The lowest BCUT2D eigenvalue weighted by Crippen LogP contribution is -2.70. The number of fused-ring (bicyclic) bond motifs is 1. The number of aromatic nitrogens is 5. The van der Waals surface area contributed by atoms with Gasteiger partial charge in [0.2, 0.25) is 0 Å². The Hall–Kier alpha value is -5.35. The van der Waals surface area contributed by atoms with Crippen LogP contribution in [0.1, 0.15) is 48.6 Å². The molecule has 0 unspecified atom stereocenters. The number of hydrogen-bond acceptors (Lipinski definition) is 16. The maximum atomic E-state index is 13.9. The molecule has 2 atom stereocenters. The van der Waals surface area contributed by atoms with E-state index < -0.39 is 63.7 Å². The van der Waals surface area contributed by atoms with E-state index >= 15 is 0 Å². The third-order valence-corrected chi connectivity index (χ3v) is 10.9. The number of quaternary nitrogens is 1. The molecule has 6 rings (SSSR count). The molecule has 6 N–H and O–H groups in total. The number of β-lactam (4-membered cyclic amide) rings is 1. The molecular formula is C30H33FN11O8S2-. The minimum Gasteiger partial charge on any atom is -0.546 e. The molecule has 0 spiro atoms. The number of phenols is 2. The van der Waals surface area contributed by atoms with Crippen molar-refractivity contribution in [2.75, 3.05) is 44.2 Å². The number of aliphatic carboxylic acids is 1. The van der Waals surface area contributed by atoms with Gasteiger partial charge < -0.3 is 50.9 Å². The van der Waals surface area contributed by atoms with E-state index in [4.69, 9.17) is 10.6 Å². The number of carbonyl (C=O) groups excluding carboxylic acids is 4. The number of rotatable bonds is 13. The van der Waals surface area contributed by atoms with Gasteiger partial charge in [0.25, 0.3) is 17.7 Å². The molecule has 3 amide bonds. The van der Waals surface area contributed by atoms with Crippen molar-refractivity contribution in [3.63, 3.8) is 0 Å². The quantitative estimate of drug-likeness (QED) is 0.0437. The van der Waals surface area contributed by atoms with Crippen LogP contribution >= 0.6 is 23.1 Å². The number of likely N-dealkylation sites (tertiary alicyclic amines) is 1. The maximum absolute atomic E-state index is 13.9. The number of carboxylic acid groups (broad SMARTS) is 1. The number of anilines is 1. The summed E-state index contributed by atoms with van der Waals surface area (Å²) in [5.74, 6) is -5.75. The summed E-state index contributed by atoms with van der Waals surface area (Å²) in [6.07, 6.45) is 1.85. The molecule has 0 radical (unpaired) electrons. The Kier molecular flexibility index (Phi) is 10.1. The first-order valence-electron chi connectivity index (χ1n) is 15.9. The van der Waals surface area contributed by atoms with Crippen LogP contribution in [0.4, 0.5) is 9.52 Å². The first kappa shape index (κ1) is 36.4. The fraction of sp³-hybridized carbons (Fsp3) is 0.433. The van der Waals surface area contributed by atoms with Crippen LogP contribution in [-0.4, -0.2) is 125 Å². The van der Waals surface area contributed by atoms with Crippen molar-refractivity contribution in [2.24, 2.45) is 5.16 Å². The topological polar surface area (TPSA) is 272 Å². The van der Waals surface area contributed by atoms with Crippen LogP contribution in [0.15, 0.2) is 28.2 Å². The summed E-state index contributed by atoms with van der Waals surface area (Å²) in [5.41, 5.74) is 4.61. The van der Waals surface area contributed by atoms with Crippen LogP contribution in [-0.2, 0) is 19.2 Å². The normalized spacial score (nSPS) is 19.9. The highest BCUT2D eigenvalue weighted by Crippen LogP contribution is 2.44. The fourth-order valence-electron chi connectivity index (χ4n) is 6.16. The van der Waals surface area contributed by atoms with E-state index in [9.17, 15) is 38.9 Å². The first-order valence-corrected chi connectivity index (χ1v) is 17.8. The van der Waals surface area contributed by atoms with Crippen LogP contribution in [0, 0.1) is 5.82 Å². The van der Waals surface area contributed by atoms with Crippen molar-refractivity contribution in [2.45, 2.75) is 43.7 Å². The lowest BCUT2D eigenvalue weighted by atomic mass is 10.0. The number of amides is 3. The van der Waals surface area contributed by atoms with Gasteiger partial charge in [0.15, 0.2) is 33.8 Å². The SMILES string of the molecule is CC(C)(O/N=C(\C(=O)N[C@@H]1C(=O)N2C(c3nnn[n-]3)=C(C[N+]3(CCNC(=O)c4cc(O)c(O)c(F)c4)CCCC3)CS[C@H]12)c1csc(N)n1)C(=O)[O-]. The highest BCUT2D eigenvalue weighted by atomic mass is 32.2. The van der Waals surface area contributed by atoms with Crippen LogP contribution in [0.3, 0.4) is 0 Å². The van der Waals surface area contributed by atoms with Crippen LogP contribution in [0.2, 0.25) is 0 Å². The minimum atomic E-state index is -1.88. The zero-order valence-electron chi connectivity index (χ0n) is 27.7. The van der Waals surface area contributed by atoms with Crippen molar-refractivity contribution < 1.29 is 48.2 Å². The second-order valence-corrected chi connectivity index (χ2v) is 14.9. The number of nitrogens with zero attached hydrogens (tertiary/aromatic N) is 8.